The highest BCUT2D eigenvalue weighted by Gasteiger charge is 2.22. The Labute approximate surface area is 176 Å². The van der Waals surface area contributed by atoms with Gasteiger partial charge in [-0.2, -0.15) is 0 Å². The highest BCUT2D eigenvalue weighted by atomic mass is 35.5. The van der Waals surface area contributed by atoms with Gasteiger partial charge in [0.25, 0.3) is 0 Å². The molecule has 28 heavy (non-hydrogen) atoms. The predicted octanol–water partition coefficient (Wildman–Crippen LogP) is 3.99. The van der Waals surface area contributed by atoms with Crippen LogP contribution in [-0.2, 0) is 9.84 Å². The molecule has 0 spiro atoms. The maximum Gasteiger partial charge on any atom is 0.181 e. The number of methoxy groups -OCH3 is 1. The summed E-state index contributed by atoms with van der Waals surface area (Å²) in [7, 11) is -1.83. The second kappa shape index (κ2) is 9.35. The van der Waals surface area contributed by atoms with Crippen molar-refractivity contribution < 1.29 is 13.2 Å². The van der Waals surface area contributed by atoms with Crippen LogP contribution in [0.25, 0.3) is 0 Å². The SMILES string of the molecule is COc1ccc(N2CCCN(CCS(=O)(=O)c3cc(Cl)ccc3Cl)CC2)cc1. The zero-order valence-corrected chi connectivity index (χ0v) is 18.1. The van der Waals surface area contributed by atoms with E-state index in [1.165, 1.54) is 12.1 Å². The van der Waals surface area contributed by atoms with E-state index in [-0.39, 0.29) is 15.7 Å². The molecule has 1 fully saturated rings. The summed E-state index contributed by atoms with van der Waals surface area (Å²) < 4.78 is 30.6. The van der Waals surface area contributed by atoms with Gasteiger partial charge in [0, 0.05) is 36.9 Å². The third-order valence-electron chi connectivity index (χ3n) is 4.93. The lowest BCUT2D eigenvalue weighted by Gasteiger charge is -2.24. The van der Waals surface area contributed by atoms with Gasteiger partial charge < -0.3 is 14.5 Å². The summed E-state index contributed by atoms with van der Waals surface area (Å²) in [5.74, 6) is 0.861. The smallest absolute Gasteiger partial charge is 0.181 e. The Kier molecular flexibility index (Phi) is 7.10. The summed E-state index contributed by atoms with van der Waals surface area (Å²) in [6.45, 7) is 3.94. The Bertz CT molecular complexity index is 904. The van der Waals surface area contributed by atoms with Gasteiger partial charge in [0.1, 0.15) is 5.75 Å². The molecule has 1 aliphatic heterocycles. The van der Waals surface area contributed by atoms with E-state index in [0.717, 1.165) is 44.0 Å². The summed E-state index contributed by atoms with van der Waals surface area (Å²) in [6.07, 6.45) is 0.976. The minimum absolute atomic E-state index is 0.0234. The molecule has 0 aromatic heterocycles. The number of benzene rings is 2. The monoisotopic (exact) mass is 442 g/mol. The fraction of sp³-hybridized carbons (Fsp3) is 0.400. The third-order valence-corrected chi connectivity index (χ3v) is 7.34. The van der Waals surface area contributed by atoms with Crippen molar-refractivity contribution >= 4 is 38.7 Å². The van der Waals surface area contributed by atoms with E-state index in [1.54, 1.807) is 13.2 Å². The van der Waals surface area contributed by atoms with Crippen molar-refractivity contribution in [2.75, 3.05) is 50.5 Å². The third kappa shape index (κ3) is 5.32. The number of rotatable bonds is 6. The van der Waals surface area contributed by atoms with Gasteiger partial charge in [-0.15, -0.1) is 0 Å². The van der Waals surface area contributed by atoms with E-state index in [0.29, 0.717) is 11.6 Å². The topological polar surface area (TPSA) is 49.9 Å². The second-order valence-corrected chi connectivity index (χ2v) is 9.70. The molecule has 1 saturated heterocycles. The van der Waals surface area contributed by atoms with Crippen LogP contribution >= 0.6 is 23.2 Å². The molecule has 1 aliphatic rings. The first-order valence-corrected chi connectivity index (χ1v) is 11.6. The van der Waals surface area contributed by atoms with Crippen molar-refractivity contribution in [1.29, 1.82) is 0 Å². The van der Waals surface area contributed by atoms with Crippen LogP contribution in [0, 0.1) is 0 Å². The lowest BCUT2D eigenvalue weighted by Crippen LogP contribution is -2.33. The van der Waals surface area contributed by atoms with Gasteiger partial charge in [-0.25, -0.2) is 8.42 Å². The van der Waals surface area contributed by atoms with Gasteiger partial charge in [0.15, 0.2) is 9.84 Å². The molecule has 0 atom stereocenters. The average Bonchev–Trinajstić information content (AvgIpc) is 2.94. The molecule has 0 bridgehead atoms. The molecule has 0 unspecified atom stereocenters. The Hall–Kier alpha value is -1.47. The first-order valence-electron chi connectivity index (χ1n) is 9.18. The van der Waals surface area contributed by atoms with Crippen LogP contribution in [0.4, 0.5) is 5.69 Å². The summed E-state index contributed by atoms with van der Waals surface area (Å²) >= 11 is 12.0. The molecule has 0 radical (unpaired) electrons. The summed E-state index contributed by atoms with van der Waals surface area (Å²) in [6, 6.07) is 12.6. The molecular weight excluding hydrogens is 419 g/mol. The molecule has 0 amide bonds. The minimum Gasteiger partial charge on any atom is -0.497 e. The largest absolute Gasteiger partial charge is 0.497 e. The maximum atomic E-state index is 12.7. The molecule has 0 saturated carbocycles. The normalized spacial score (nSPS) is 16.0. The van der Waals surface area contributed by atoms with Gasteiger partial charge in [0.2, 0.25) is 0 Å². The molecule has 0 aliphatic carbocycles. The van der Waals surface area contributed by atoms with Crippen molar-refractivity contribution in [3.05, 3.63) is 52.5 Å². The molecule has 2 aromatic rings. The first kappa shape index (κ1) is 21.2. The predicted molar refractivity (Wildman–Crippen MR) is 115 cm³/mol. The average molecular weight is 443 g/mol. The molecular formula is C20H24Cl2N2O3S. The molecule has 2 aromatic carbocycles. The van der Waals surface area contributed by atoms with E-state index in [4.69, 9.17) is 27.9 Å². The van der Waals surface area contributed by atoms with E-state index in [9.17, 15) is 8.42 Å². The highest BCUT2D eigenvalue weighted by Crippen LogP contribution is 2.26. The van der Waals surface area contributed by atoms with Gasteiger partial charge >= 0.3 is 0 Å². The number of ether oxygens (including phenoxy) is 1. The Balaban J connectivity index is 1.59. The van der Waals surface area contributed by atoms with Crippen LogP contribution in [0.5, 0.6) is 5.75 Å². The lowest BCUT2D eigenvalue weighted by atomic mass is 10.2. The van der Waals surface area contributed by atoms with E-state index >= 15 is 0 Å². The second-order valence-electron chi connectivity index (χ2n) is 6.77. The van der Waals surface area contributed by atoms with Crippen LogP contribution in [0.2, 0.25) is 10.0 Å². The Morgan fingerprint density at radius 3 is 2.46 bits per heavy atom. The highest BCUT2D eigenvalue weighted by molar-refractivity contribution is 7.91. The van der Waals surface area contributed by atoms with Crippen molar-refractivity contribution in [1.82, 2.24) is 4.90 Å². The standard InChI is InChI=1S/C20H24Cl2N2O3S/c1-27-18-6-4-17(5-7-18)24-10-2-9-23(11-12-24)13-14-28(25,26)20-15-16(21)3-8-19(20)22/h3-8,15H,2,9-14H2,1H3. The molecule has 1 heterocycles. The van der Waals surface area contributed by atoms with Crippen molar-refractivity contribution in [3.8, 4) is 5.75 Å². The molecule has 8 heteroatoms. The summed E-state index contributed by atoms with van der Waals surface area (Å²) in [5, 5.41) is 0.582. The van der Waals surface area contributed by atoms with E-state index in [1.807, 2.05) is 12.1 Å². The zero-order valence-electron chi connectivity index (χ0n) is 15.8. The van der Waals surface area contributed by atoms with E-state index < -0.39 is 9.84 Å². The summed E-state index contributed by atoms with van der Waals surface area (Å²) in [4.78, 5) is 4.62. The Morgan fingerprint density at radius 1 is 1.00 bits per heavy atom. The van der Waals surface area contributed by atoms with Crippen LogP contribution in [0.15, 0.2) is 47.4 Å². The maximum absolute atomic E-state index is 12.7. The number of sulfone groups is 1. The molecule has 152 valence electrons. The molecule has 3 rings (SSSR count). The number of hydrogen-bond acceptors (Lipinski definition) is 5. The van der Waals surface area contributed by atoms with Crippen LogP contribution in [0.3, 0.4) is 0 Å². The molecule has 5 nitrogen and oxygen atoms in total. The molecule has 0 N–H and O–H groups in total. The van der Waals surface area contributed by atoms with Crippen molar-refractivity contribution in [2.24, 2.45) is 0 Å². The lowest BCUT2D eigenvalue weighted by molar-refractivity contribution is 0.310. The van der Waals surface area contributed by atoms with Crippen LogP contribution in [0.1, 0.15) is 6.42 Å². The fourth-order valence-corrected chi connectivity index (χ4v) is 5.42. The van der Waals surface area contributed by atoms with Crippen LogP contribution in [-0.4, -0.2) is 58.9 Å². The first-order chi connectivity index (χ1) is 13.4. The van der Waals surface area contributed by atoms with E-state index in [2.05, 4.69) is 21.9 Å². The minimum atomic E-state index is -3.48. The zero-order chi connectivity index (χ0) is 20.1. The summed E-state index contributed by atoms with van der Waals surface area (Å²) in [5.41, 5.74) is 1.15. The van der Waals surface area contributed by atoms with Crippen molar-refractivity contribution in [3.63, 3.8) is 0 Å². The van der Waals surface area contributed by atoms with Gasteiger partial charge in [-0.1, -0.05) is 23.2 Å². The van der Waals surface area contributed by atoms with Gasteiger partial charge in [-0.05, 0) is 55.4 Å². The number of nitrogens with zero attached hydrogens (tertiary/aromatic N) is 2. The van der Waals surface area contributed by atoms with Crippen molar-refractivity contribution in [2.45, 2.75) is 11.3 Å². The quantitative estimate of drug-likeness (QED) is 0.676. The number of anilines is 1. The number of hydrogen-bond donors (Lipinski definition) is 0. The fourth-order valence-electron chi connectivity index (χ4n) is 3.32. The Morgan fingerprint density at radius 2 is 1.75 bits per heavy atom. The van der Waals surface area contributed by atoms with Gasteiger partial charge in [0.05, 0.1) is 22.8 Å². The number of halogens is 2. The van der Waals surface area contributed by atoms with Crippen LogP contribution < -0.4 is 9.64 Å². The van der Waals surface area contributed by atoms with Gasteiger partial charge in [-0.3, -0.25) is 0 Å².